The highest BCUT2D eigenvalue weighted by Gasteiger charge is 2.41. The van der Waals surface area contributed by atoms with Crippen LogP contribution in [0.3, 0.4) is 0 Å². The highest BCUT2D eigenvalue weighted by atomic mass is 35.5. The first-order valence-electron chi connectivity index (χ1n) is 9.85. The minimum absolute atomic E-state index is 0.0238. The molecular formula is C21H22ClNO7S. The highest BCUT2D eigenvalue weighted by Crippen LogP contribution is 2.48. The molecule has 166 valence electrons. The van der Waals surface area contributed by atoms with E-state index in [-0.39, 0.29) is 33.2 Å². The van der Waals surface area contributed by atoms with Gasteiger partial charge < -0.3 is 19.1 Å². The number of carboxylic acid groups (broad SMARTS) is 1. The molecule has 0 radical (unpaired) electrons. The number of hydrogen-bond acceptors (Lipinski definition) is 6. The number of benzene rings is 1. The number of aromatic carboxylic acids is 1. The van der Waals surface area contributed by atoms with E-state index < -0.39 is 32.7 Å². The number of hydrogen-bond donors (Lipinski definition) is 1. The molecule has 1 saturated carbocycles. The molecule has 8 nitrogen and oxygen atoms in total. The molecule has 4 rings (SSSR count). The van der Waals surface area contributed by atoms with Crippen LogP contribution in [0, 0.1) is 5.92 Å². The predicted octanol–water partition coefficient (Wildman–Crippen LogP) is 3.15. The quantitative estimate of drug-likeness (QED) is 0.622. The summed E-state index contributed by atoms with van der Waals surface area (Å²) < 4.78 is 38.2. The second-order valence-electron chi connectivity index (χ2n) is 7.93. The minimum atomic E-state index is -3.79. The smallest absolute Gasteiger partial charge is 0.341 e. The molecule has 0 bridgehead atoms. The Bertz CT molecular complexity index is 1240. The monoisotopic (exact) mass is 467 g/mol. The molecule has 1 aromatic heterocycles. The first-order chi connectivity index (χ1) is 14.7. The van der Waals surface area contributed by atoms with Crippen molar-refractivity contribution >= 4 is 27.4 Å². The summed E-state index contributed by atoms with van der Waals surface area (Å²) in [6.07, 6.45) is 1.32. The van der Waals surface area contributed by atoms with Gasteiger partial charge in [0.1, 0.15) is 11.3 Å². The SMILES string of the molecule is COCCCOc1cc2c(cc1Cl)-c1c(cc(C(=O)O)c(=O)n1[C@H]1C[C@@H]1C)CS2(=O)=O. The molecule has 1 aromatic carbocycles. The molecule has 0 unspecified atom stereocenters. The van der Waals surface area contributed by atoms with E-state index in [9.17, 15) is 23.1 Å². The Balaban J connectivity index is 1.91. The van der Waals surface area contributed by atoms with E-state index in [0.717, 1.165) is 0 Å². The number of methoxy groups -OCH3 is 1. The third kappa shape index (κ3) is 3.86. The van der Waals surface area contributed by atoms with Crippen molar-refractivity contribution < 1.29 is 27.8 Å². The first kappa shape index (κ1) is 21.9. The van der Waals surface area contributed by atoms with Crippen molar-refractivity contribution in [1.29, 1.82) is 0 Å². The molecule has 1 aliphatic heterocycles. The number of aromatic nitrogens is 1. The van der Waals surface area contributed by atoms with Crippen molar-refractivity contribution in [2.45, 2.75) is 36.5 Å². The van der Waals surface area contributed by atoms with Crippen LogP contribution in [0.15, 0.2) is 27.9 Å². The Hall–Kier alpha value is -2.36. The maximum Gasteiger partial charge on any atom is 0.341 e. The van der Waals surface area contributed by atoms with E-state index in [1.54, 1.807) is 7.11 Å². The van der Waals surface area contributed by atoms with Crippen LogP contribution in [0.1, 0.15) is 41.7 Å². The zero-order valence-corrected chi connectivity index (χ0v) is 18.6. The topological polar surface area (TPSA) is 112 Å². The highest BCUT2D eigenvalue weighted by molar-refractivity contribution is 7.90. The summed E-state index contributed by atoms with van der Waals surface area (Å²) in [5.41, 5.74) is -0.0679. The summed E-state index contributed by atoms with van der Waals surface area (Å²) in [7, 11) is -2.22. The zero-order valence-electron chi connectivity index (χ0n) is 17.1. The third-order valence-electron chi connectivity index (χ3n) is 5.66. The molecule has 0 saturated heterocycles. The molecule has 2 heterocycles. The van der Waals surface area contributed by atoms with Crippen LogP contribution >= 0.6 is 11.6 Å². The molecule has 1 fully saturated rings. The van der Waals surface area contributed by atoms with Gasteiger partial charge >= 0.3 is 5.97 Å². The van der Waals surface area contributed by atoms with E-state index >= 15 is 0 Å². The lowest BCUT2D eigenvalue weighted by atomic mass is 10.0. The average molecular weight is 468 g/mol. The van der Waals surface area contributed by atoms with Gasteiger partial charge in [0.2, 0.25) is 0 Å². The van der Waals surface area contributed by atoms with Gasteiger partial charge in [-0.1, -0.05) is 18.5 Å². The van der Waals surface area contributed by atoms with Gasteiger partial charge in [0.05, 0.1) is 28.0 Å². The number of sulfone groups is 1. The van der Waals surface area contributed by atoms with E-state index in [0.29, 0.717) is 37.3 Å². The lowest BCUT2D eigenvalue weighted by Gasteiger charge is -2.25. The first-order valence-corrected chi connectivity index (χ1v) is 11.9. The van der Waals surface area contributed by atoms with Crippen molar-refractivity contribution in [2.75, 3.05) is 20.3 Å². The molecule has 2 aliphatic rings. The lowest BCUT2D eigenvalue weighted by Crippen LogP contribution is -2.31. The molecule has 2 atom stereocenters. The van der Waals surface area contributed by atoms with Crippen molar-refractivity contribution in [2.24, 2.45) is 5.92 Å². The molecule has 0 amide bonds. The standard InChI is InChI=1S/C21H22ClNO7S/c1-11-6-16(11)23-19-12(7-14(20(23)24)21(25)26)10-31(27,28)18-9-17(15(22)8-13(18)19)30-5-3-4-29-2/h7-9,11,16H,3-6,10H2,1-2H3,(H,25,26)/t11-,16-/m0/s1. The van der Waals surface area contributed by atoms with Gasteiger partial charge in [0.15, 0.2) is 9.84 Å². The normalized spacial score (nSPS) is 20.6. The molecule has 1 N–H and O–H groups in total. The van der Waals surface area contributed by atoms with Crippen LogP contribution in [0.4, 0.5) is 0 Å². The van der Waals surface area contributed by atoms with Crippen LogP contribution in [-0.2, 0) is 20.3 Å². The van der Waals surface area contributed by atoms with E-state index in [4.69, 9.17) is 21.1 Å². The molecule has 2 aromatic rings. The van der Waals surface area contributed by atoms with E-state index in [2.05, 4.69) is 0 Å². The van der Waals surface area contributed by atoms with Crippen LogP contribution in [0.5, 0.6) is 5.75 Å². The van der Waals surface area contributed by atoms with Crippen LogP contribution in [-0.4, -0.2) is 44.4 Å². The largest absolute Gasteiger partial charge is 0.492 e. The van der Waals surface area contributed by atoms with Crippen molar-refractivity contribution in [1.82, 2.24) is 4.57 Å². The summed E-state index contributed by atoms with van der Waals surface area (Å²) in [5, 5.41) is 9.69. The Labute approximate surface area is 184 Å². The maximum absolute atomic E-state index is 13.0. The molecule has 1 aliphatic carbocycles. The average Bonchev–Trinajstić information content (AvgIpc) is 3.41. The Kier molecular flexibility index (Phi) is 5.61. The fraction of sp³-hybridized carbons (Fsp3) is 0.429. The minimum Gasteiger partial charge on any atom is -0.492 e. The fourth-order valence-corrected chi connectivity index (χ4v) is 5.77. The summed E-state index contributed by atoms with van der Waals surface area (Å²) in [4.78, 5) is 24.6. The van der Waals surface area contributed by atoms with Crippen LogP contribution in [0.2, 0.25) is 5.02 Å². The van der Waals surface area contributed by atoms with Gasteiger partial charge in [0, 0.05) is 37.8 Å². The summed E-state index contributed by atoms with van der Waals surface area (Å²) in [6.45, 7) is 2.75. The van der Waals surface area contributed by atoms with Gasteiger partial charge in [-0.3, -0.25) is 4.79 Å². The van der Waals surface area contributed by atoms with Gasteiger partial charge in [-0.15, -0.1) is 0 Å². The predicted molar refractivity (Wildman–Crippen MR) is 114 cm³/mol. The lowest BCUT2D eigenvalue weighted by molar-refractivity contribution is 0.0694. The maximum atomic E-state index is 13.0. The summed E-state index contributed by atoms with van der Waals surface area (Å²) >= 11 is 6.40. The zero-order chi connectivity index (χ0) is 22.5. The molecule has 0 spiro atoms. The van der Waals surface area contributed by atoms with Gasteiger partial charge in [-0.25, -0.2) is 13.2 Å². The van der Waals surface area contributed by atoms with Gasteiger partial charge in [-0.2, -0.15) is 0 Å². The second kappa shape index (κ2) is 7.96. The number of fused-ring (bicyclic) bond motifs is 3. The molecule has 10 heteroatoms. The number of carbonyl (C=O) groups is 1. The number of ether oxygens (including phenoxy) is 2. The molecule has 31 heavy (non-hydrogen) atoms. The van der Waals surface area contributed by atoms with Crippen molar-refractivity contribution in [3.05, 3.63) is 44.7 Å². The summed E-state index contributed by atoms with van der Waals surface area (Å²) in [5.74, 6) is -1.36. The number of pyridine rings is 1. The number of halogens is 1. The van der Waals surface area contributed by atoms with Gasteiger partial charge in [0.25, 0.3) is 5.56 Å². The third-order valence-corrected chi connectivity index (χ3v) is 7.66. The number of carboxylic acids is 1. The second-order valence-corrected chi connectivity index (χ2v) is 10.3. The van der Waals surface area contributed by atoms with E-state index in [1.807, 2.05) is 6.92 Å². The Morgan fingerprint density at radius 3 is 2.61 bits per heavy atom. The Morgan fingerprint density at radius 1 is 1.29 bits per heavy atom. The van der Waals surface area contributed by atoms with E-state index in [1.165, 1.54) is 22.8 Å². The van der Waals surface area contributed by atoms with Crippen molar-refractivity contribution in [3.63, 3.8) is 0 Å². The summed E-state index contributed by atoms with van der Waals surface area (Å²) in [6, 6.07) is 3.87. The Morgan fingerprint density at radius 2 is 2.00 bits per heavy atom. The molecular weight excluding hydrogens is 446 g/mol. The van der Waals surface area contributed by atoms with Crippen LogP contribution < -0.4 is 10.3 Å². The van der Waals surface area contributed by atoms with Crippen LogP contribution in [0.25, 0.3) is 11.3 Å². The number of rotatable bonds is 7. The fourth-order valence-electron chi connectivity index (χ4n) is 3.99. The van der Waals surface area contributed by atoms with Gasteiger partial charge in [-0.05, 0) is 30.0 Å². The van der Waals surface area contributed by atoms with Crippen molar-refractivity contribution in [3.8, 4) is 17.0 Å². The number of nitrogens with zero attached hydrogens (tertiary/aromatic N) is 1.